The van der Waals surface area contributed by atoms with Gasteiger partial charge in [-0.1, -0.05) is 23.5 Å². The number of ether oxygens (including phenoxy) is 1. The second-order valence-corrected chi connectivity index (χ2v) is 9.32. The van der Waals surface area contributed by atoms with Gasteiger partial charge in [0.1, 0.15) is 16.9 Å². The molecule has 1 saturated heterocycles. The average Bonchev–Trinajstić information content (AvgIpc) is 3.05. The molecule has 0 bridgehead atoms. The lowest BCUT2D eigenvalue weighted by molar-refractivity contribution is -0.128. The molecule has 1 atom stereocenters. The molecule has 1 fully saturated rings. The van der Waals surface area contributed by atoms with Crippen LogP contribution < -0.4 is 5.32 Å². The zero-order valence-electron chi connectivity index (χ0n) is 18.0. The smallest absolute Gasteiger partial charge is 0.288 e. The second-order valence-electron chi connectivity index (χ2n) is 7.09. The molecule has 1 heterocycles. The number of anilines is 1. The number of nitrogens with zero attached hydrogens (tertiary/aromatic N) is 2. The molecular formula is C22H21F4N3O3S2. The SMILES string of the molecule is COCCCN1C(=O)C(CC(=O)Nc2ccc(F)cc2F)SC1=Nc1ccc(SC(F)F)cc1. The number of methoxy groups -OCH3 is 1. The van der Waals surface area contributed by atoms with Crippen LogP contribution in [0.4, 0.5) is 28.9 Å². The summed E-state index contributed by atoms with van der Waals surface area (Å²) in [4.78, 5) is 31.7. The van der Waals surface area contributed by atoms with Crippen molar-refractivity contribution in [2.75, 3.05) is 25.6 Å². The van der Waals surface area contributed by atoms with Crippen LogP contribution in [0.25, 0.3) is 0 Å². The van der Waals surface area contributed by atoms with E-state index in [1.807, 2.05) is 0 Å². The van der Waals surface area contributed by atoms with E-state index in [2.05, 4.69) is 10.3 Å². The summed E-state index contributed by atoms with van der Waals surface area (Å²) >= 11 is 1.50. The number of carbonyl (C=O) groups excluding carboxylic acids is 2. The summed E-state index contributed by atoms with van der Waals surface area (Å²) in [5.74, 6) is -5.17. The number of amides is 2. The Balaban J connectivity index is 1.73. The molecule has 0 radical (unpaired) electrons. The van der Waals surface area contributed by atoms with Crippen molar-refractivity contribution in [1.82, 2.24) is 4.90 Å². The van der Waals surface area contributed by atoms with Gasteiger partial charge in [0.2, 0.25) is 11.8 Å². The first-order valence-corrected chi connectivity index (χ1v) is 11.9. The highest BCUT2D eigenvalue weighted by molar-refractivity contribution is 8.15. The van der Waals surface area contributed by atoms with E-state index in [-0.39, 0.29) is 18.0 Å². The van der Waals surface area contributed by atoms with Gasteiger partial charge in [-0.05, 0) is 42.8 Å². The fourth-order valence-corrected chi connectivity index (χ4v) is 4.75. The van der Waals surface area contributed by atoms with Gasteiger partial charge >= 0.3 is 0 Å². The summed E-state index contributed by atoms with van der Waals surface area (Å²) in [6.45, 7) is 0.721. The highest BCUT2D eigenvalue weighted by atomic mass is 32.2. The Labute approximate surface area is 202 Å². The Morgan fingerprint density at radius 2 is 1.97 bits per heavy atom. The molecule has 1 N–H and O–H groups in total. The number of benzene rings is 2. The third-order valence-corrected chi connectivity index (χ3v) is 6.51. The zero-order valence-corrected chi connectivity index (χ0v) is 19.6. The van der Waals surface area contributed by atoms with Gasteiger partial charge in [0.05, 0.1) is 11.4 Å². The van der Waals surface area contributed by atoms with Crippen LogP contribution in [0.15, 0.2) is 52.4 Å². The number of halogens is 4. The van der Waals surface area contributed by atoms with Crippen LogP contribution in [-0.2, 0) is 14.3 Å². The number of carbonyl (C=O) groups is 2. The van der Waals surface area contributed by atoms with E-state index in [0.717, 1.165) is 23.9 Å². The molecule has 1 aliphatic heterocycles. The van der Waals surface area contributed by atoms with E-state index in [4.69, 9.17) is 4.74 Å². The van der Waals surface area contributed by atoms with Crippen molar-refractivity contribution in [3.63, 3.8) is 0 Å². The number of amidine groups is 1. The van der Waals surface area contributed by atoms with Crippen LogP contribution in [0.5, 0.6) is 0 Å². The molecule has 2 aromatic carbocycles. The van der Waals surface area contributed by atoms with Gasteiger partial charge in [0, 0.05) is 37.6 Å². The summed E-state index contributed by atoms with van der Waals surface area (Å²) in [6, 6.07) is 8.91. The maximum absolute atomic E-state index is 13.8. The van der Waals surface area contributed by atoms with Gasteiger partial charge in [0.25, 0.3) is 5.76 Å². The van der Waals surface area contributed by atoms with Crippen LogP contribution in [0.3, 0.4) is 0 Å². The van der Waals surface area contributed by atoms with Crippen molar-refractivity contribution in [2.24, 2.45) is 4.99 Å². The Bertz CT molecular complexity index is 1050. The number of hydrogen-bond donors (Lipinski definition) is 1. The standard InChI is InChI=1S/C22H21F4N3O3S2/c1-32-10-2-9-29-20(31)18(12-19(30)28-17-8-3-13(23)11-16(17)24)34-22(29)27-14-4-6-15(7-5-14)33-21(25)26/h3-8,11,18,21H,2,9-10,12H2,1H3,(H,28,30). The predicted octanol–water partition coefficient (Wildman–Crippen LogP) is 5.28. The van der Waals surface area contributed by atoms with Crippen LogP contribution >= 0.6 is 23.5 Å². The molecule has 2 amide bonds. The zero-order chi connectivity index (χ0) is 24.7. The van der Waals surface area contributed by atoms with Crippen molar-refractivity contribution >= 4 is 51.9 Å². The van der Waals surface area contributed by atoms with Gasteiger partial charge in [-0.3, -0.25) is 14.5 Å². The first-order chi connectivity index (χ1) is 16.3. The van der Waals surface area contributed by atoms with Crippen LogP contribution in [0.2, 0.25) is 0 Å². The normalized spacial score (nSPS) is 17.1. The average molecular weight is 516 g/mol. The Kier molecular flexibility index (Phi) is 9.36. The van der Waals surface area contributed by atoms with E-state index in [9.17, 15) is 27.2 Å². The first-order valence-electron chi connectivity index (χ1n) is 10.1. The Morgan fingerprint density at radius 3 is 2.62 bits per heavy atom. The van der Waals surface area contributed by atoms with Crippen molar-refractivity contribution in [3.05, 3.63) is 54.1 Å². The summed E-state index contributed by atoms with van der Waals surface area (Å²) < 4.78 is 57.0. The van der Waals surface area contributed by atoms with E-state index in [1.165, 1.54) is 24.1 Å². The number of thioether (sulfide) groups is 2. The second kappa shape index (κ2) is 12.2. The summed E-state index contributed by atoms with van der Waals surface area (Å²) in [5.41, 5.74) is 0.276. The predicted molar refractivity (Wildman–Crippen MR) is 125 cm³/mol. The molecule has 12 heteroatoms. The van der Waals surface area contributed by atoms with Gasteiger partial charge in [-0.25, -0.2) is 13.8 Å². The maximum atomic E-state index is 13.8. The Morgan fingerprint density at radius 1 is 1.24 bits per heavy atom. The van der Waals surface area contributed by atoms with Crippen molar-refractivity contribution in [2.45, 2.75) is 28.7 Å². The number of rotatable bonds is 10. The van der Waals surface area contributed by atoms with E-state index >= 15 is 0 Å². The maximum Gasteiger partial charge on any atom is 0.288 e. The lowest BCUT2D eigenvalue weighted by Gasteiger charge is -2.16. The molecule has 1 aliphatic rings. The van der Waals surface area contributed by atoms with Gasteiger partial charge < -0.3 is 10.1 Å². The van der Waals surface area contributed by atoms with Crippen LogP contribution in [-0.4, -0.2) is 53.2 Å². The molecule has 182 valence electrons. The molecular weight excluding hydrogens is 494 g/mol. The highest BCUT2D eigenvalue weighted by Crippen LogP contribution is 2.33. The van der Waals surface area contributed by atoms with Crippen molar-refractivity contribution < 1.29 is 31.9 Å². The van der Waals surface area contributed by atoms with E-state index in [0.29, 0.717) is 53.2 Å². The third-order valence-electron chi connectivity index (χ3n) is 4.61. The lowest BCUT2D eigenvalue weighted by Crippen LogP contribution is -2.34. The summed E-state index contributed by atoms with van der Waals surface area (Å²) in [7, 11) is 1.54. The molecule has 6 nitrogen and oxygen atoms in total. The Hall–Kier alpha value is -2.57. The molecule has 3 rings (SSSR count). The minimum atomic E-state index is -2.54. The minimum Gasteiger partial charge on any atom is -0.385 e. The topological polar surface area (TPSA) is 71.0 Å². The quantitative estimate of drug-likeness (QED) is 0.265. The molecule has 2 aromatic rings. The molecule has 0 aromatic heterocycles. The van der Waals surface area contributed by atoms with E-state index in [1.54, 1.807) is 12.1 Å². The fourth-order valence-electron chi connectivity index (χ4n) is 3.07. The molecule has 0 aliphatic carbocycles. The highest BCUT2D eigenvalue weighted by Gasteiger charge is 2.39. The van der Waals surface area contributed by atoms with Crippen molar-refractivity contribution in [1.29, 1.82) is 0 Å². The van der Waals surface area contributed by atoms with Crippen LogP contribution in [0.1, 0.15) is 12.8 Å². The van der Waals surface area contributed by atoms with Crippen LogP contribution in [0, 0.1) is 11.6 Å². The largest absolute Gasteiger partial charge is 0.385 e. The minimum absolute atomic E-state index is 0.186. The molecule has 1 unspecified atom stereocenters. The summed E-state index contributed by atoms with van der Waals surface area (Å²) in [5, 5.41) is 1.92. The monoisotopic (exact) mass is 515 g/mol. The van der Waals surface area contributed by atoms with E-state index < -0.39 is 28.5 Å². The first kappa shape index (κ1) is 26.0. The summed E-state index contributed by atoms with van der Waals surface area (Å²) in [6.07, 6.45) is 0.287. The number of hydrogen-bond acceptors (Lipinski definition) is 6. The van der Waals surface area contributed by atoms with Crippen molar-refractivity contribution in [3.8, 4) is 0 Å². The molecule has 0 saturated carbocycles. The number of alkyl halides is 2. The molecule has 34 heavy (non-hydrogen) atoms. The van der Waals surface area contributed by atoms with Gasteiger partial charge in [0.15, 0.2) is 5.17 Å². The number of aliphatic imine (C=N–C) groups is 1. The lowest BCUT2D eigenvalue weighted by atomic mass is 10.2. The van der Waals surface area contributed by atoms with Gasteiger partial charge in [-0.2, -0.15) is 8.78 Å². The molecule has 0 spiro atoms. The van der Waals surface area contributed by atoms with Gasteiger partial charge in [-0.15, -0.1) is 0 Å². The number of nitrogens with one attached hydrogen (secondary N) is 1. The third kappa shape index (κ3) is 7.21. The fraction of sp³-hybridized carbons (Fsp3) is 0.318.